The van der Waals surface area contributed by atoms with Crippen molar-refractivity contribution in [2.45, 2.75) is 26.8 Å². The van der Waals surface area contributed by atoms with E-state index in [0.29, 0.717) is 17.4 Å². The number of anilines is 1. The monoisotopic (exact) mass is 344 g/mol. The van der Waals surface area contributed by atoms with E-state index >= 15 is 0 Å². The summed E-state index contributed by atoms with van der Waals surface area (Å²) >= 11 is 1.57. The maximum absolute atomic E-state index is 12.7. The zero-order chi connectivity index (χ0) is 17.3. The van der Waals surface area contributed by atoms with Crippen molar-refractivity contribution in [3.05, 3.63) is 53.0 Å². The van der Waals surface area contributed by atoms with Crippen molar-refractivity contribution in [3.8, 4) is 0 Å². The minimum atomic E-state index is -0.493. The van der Waals surface area contributed by atoms with Crippen LogP contribution in [-0.4, -0.2) is 34.4 Å². The molecule has 1 aliphatic rings. The van der Waals surface area contributed by atoms with Gasteiger partial charge in [0.1, 0.15) is 6.04 Å². The molecule has 2 heterocycles. The number of benzene rings is 1. The number of nitrogens with one attached hydrogen (secondary N) is 1. The van der Waals surface area contributed by atoms with E-state index in [9.17, 15) is 9.59 Å². The standard InChI is InChI=1S/C18H20N2O3S/c1-11-4-5-14(13(3)8-11)19-17(21)15-9-24-10-20(15)18(22)16-12(2)6-7-23-16/h4-8,15H,9-10H2,1-3H3,(H,19,21)/t15-/m1/s1. The summed E-state index contributed by atoms with van der Waals surface area (Å²) in [5.41, 5.74) is 3.72. The van der Waals surface area contributed by atoms with Crippen LogP contribution in [0.5, 0.6) is 0 Å². The van der Waals surface area contributed by atoms with Crippen LogP contribution in [0.4, 0.5) is 5.69 Å². The molecule has 1 saturated heterocycles. The van der Waals surface area contributed by atoms with Crippen molar-refractivity contribution in [2.24, 2.45) is 0 Å². The second-order valence-electron chi connectivity index (χ2n) is 6.03. The Balaban J connectivity index is 1.76. The fraction of sp³-hybridized carbons (Fsp3) is 0.333. The number of nitrogens with zero attached hydrogens (tertiary/aromatic N) is 1. The summed E-state index contributed by atoms with van der Waals surface area (Å²) in [5.74, 6) is 0.987. The quantitative estimate of drug-likeness (QED) is 0.927. The highest BCUT2D eigenvalue weighted by Gasteiger charge is 2.36. The van der Waals surface area contributed by atoms with Gasteiger partial charge in [0.15, 0.2) is 5.76 Å². The van der Waals surface area contributed by atoms with Gasteiger partial charge in [-0.3, -0.25) is 9.59 Å². The van der Waals surface area contributed by atoms with E-state index in [4.69, 9.17) is 4.42 Å². The minimum Gasteiger partial charge on any atom is -0.459 e. The molecule has 0 unspecified atom stereocenters. The molecule has 24 heavy (non-hydrogen) atoms. The van der Waals surface area contributed by atoms with Crippen LogP contribution in [0.3, 0.4) is 0 Å². The van der Waals surface area contributed by atoms with Gasteiger partial charge in [-0.1, -0.05) is 17.7 Å². The summed E-state index contributed by atoms with van der Waals surface area (Å²) < 4.78 is 5.28. The van der Waals surface area contributed by atoms with Crippen molar-refractivity contribution >= 4 is 29.3 Å². The molecule has 1 aliphatic heterocycles. The smallest absolute Gasteiger partial charge is 0.291 e. The molecular formula is C18H20N2O3S. The molecule has 1 fully saturated rings. The molecule has 0 bridgehead atoms. The summed E-state index contributed by atoms with van der Waals surface area (Å²) in [6, 6.07) is 7.14. The first-order valence-corrected chi connectivity index (χ1v) is 8.94. The molecule has 1 aromatic carbocycles. The Hall–Kier alpha value is -2.21. The van der Waals surface area contributed by atoms with Crippen LogP contribution in [0.15, 0.2) is 34.9 Å². The number of amides is 2. The Kier molecular flexibility index (Phi) is 4.66. The van der Waals surface area contributed by atoms with E-state index in [1.807, 2.05) is 39.0 Å². The first-order chi connectivity index (χ1) is 11.5. The molecule has 5 nitrogen and oxygen atoms in total. The summed E-state index contributed by atoms with van der Waals surface area (Å²) in [7, 11) is 0. The van der Waals surface area contributed by atoms with Gasteiger partial charge in [-0.2, -0.15) is 0 Å². The zero-order valence-electron chi connectivity index (χ0n) is 14.0. The molecule has 1 aromatic heterocycles. The number of carbonyl (C=O) groups is 2. The fourth-order valence-electron chi connectivity index (χ4n) is 2.75. The number of furan rings is 1. The predicted octanol–water partition coefficient (Wildman–Crippen LogP) is 3.36. The first kappa shape index (κ1) is 16.6. The molecule has 0 radical (unpaired) electrons. The average Bonchev–Trinajstić information content (AvgIpc) is 3.18. The third kappa shape index (κ3) is 3.19. The van der Waals surface area contributed by atoms with Gasteiger partial charge in [0, 0.05) is 17.0 Å². The molecule has 1 atom stereocenters. The van der Waals surface area contributed by atoms with Crippen molar-refractivity contribution in [2.75, 3.05) is 16.9 Å². The van der Waals surface area contributed by atoms with E-state index < -0.39 is 6.04 Å². The Morgan fingerprint density at radius 1 is 1.21 bits per heavy atom. The second-order valence-corrected chi connectivity index (χ2v) is 7.03. The number of thioether (sulfide) groups is 1. The van der Waals surface area contributed by atoms with Crippen molar-refractivity contribution in [3.63, 3.8) is 0 Å². The molecule has 3 rings (SSSR count). The molecule has 1 N–H and O–H groups in total. The van der Waals surface area contributed by atoms with E-state index in [1.54, 1.807) is 22.7 Å². The van der Waals surface area contributed by atoms with Crippen LogP contribution in [0.2, 0.25) is 0 Å². The molecule has 0 spiro atoms. The molecule has 0 aliphatic carbocycles. The van der Waals surface area contributed by atoms with E-state index in [2.05, 4.69) is 5.32 Å². The summed E-state index contributed by atoms with van der Waals surface area (Å²) in [4.78, 5) is 26.9. The first-order valence-electron chi connectivity index (χ1n) is 7.78. The molecular weight excluding hydrogens is 324 g/mol. The molecule has 2 aromatic rings. The van der Waals surface area contributed by atoms with Gasteiger partial charge in [0.2, 0.25) is 5.91 Å². The third-order valence-electron chi connectivity index (χ3n) is 4.14. The lowest BCUT2D eigenvalue weighted by Gasteiger charge is -2.22. The van der Waals surface area contributed by atoms with E-state index in [-0.39, 0.29) is 11.8 Å². The van der Waals surface area contributed by atoms with Crippen LogP contribution < -0.4 is 5.32 Å². The van der Waals surface area contributed by atoms with Crippen molar-refractivity contribution < 1.29 is 14.0 Å². The number of carbonyl (C=O) groups excluding carboxylic acids is 2. The lowest BCUT2D eigenvalue weighted by Crippen LogP contribution is -2.44. The maximum atomic E-state index is 12.7. The van der Waals surface area contributed by atoms with E-state index in [0.717, 1.165) is 22.4 Å². The summed E-state index contributed by atoms with van der Waals surface area (Å²) in [5, 5.41) is 2.95. The second kappa shape index (κ2) is 6.73. The predicted molar refractivity (Wildman–Crippen MR) is 95.3 cm³/mol. The SMILES string of the molecule is Cc1ccc(NC(=O)[C@H]2CSCN2C(=O)c2occc2C)c(C)c1. The zero-order valence-corrected chi connectivity index (χ0v) is 14.8. The van der Waals surface area contributed by atoms with Crippen LogP contribution in [0.1, 0.15) is 27.2 Å². The Morgan fingerprint density at radius 3 is 2.67 bits per heavy atom. The fourth-order valence-corrected chi connectivity index (χ4v) is 3.91. The highest BCUT2D eigenvalue weighted by molar-refractivity contribution is 7.99. The van der Waals surface area contributed by atoms with Gasteiger partial charge in [-0.05, 0) is 38.5 Å². The van der Waals surface area contributed by atoms with Crippen LogP contribution >= 0.6 is 11.8 Å². The molecule has 6 heteroatoms. The van der Waals surface area contributed by atoms with Crippen LogP contribution in [-0.2, 0) is 4.79 Å². The van der Waals surface area contributed by atoms with Gasteiger partial charge in [0.25, 0.3) is 5.91 Å². The van der Waals surface area contributed by atoms with Gasteiger partial charge in [-0.25, -0.2) is 0 Å². The maximum Gasteiger partial charge on any atom is 0.291 e. The lowest BCUT2D eigenvalue weighted by molar-refractivity contribution is -0.119. The number of hydrogen-bond acceptors (Lipinski definition) is 4. The summed E-state index contributed by atoms with van der Waals surface area (Å²) in [6.45, 7) is 5.80. The molecule has 0 saturated carbocycles. The highest BCUT2D eigenvalue weighted by Crippen LogP contribution is 2.26. The lowest BCUT2D eigenvalue weighted by atomic mass is 10.1. The summed E-state index contributed by atoms with van der Waals surface area (Å²) in [6.07, 6.45) is 1.50. The average molecular weight is 344 g/mol. The van der Waals surface area contributed by atoms with Crippen LogP contribution in [0.25, 0.3) is 0 Å². The third-order valence-corrected chi connectivity index (χ3v) is 5.15. The largest absolute Gasteiger partial charge is 0.459 e. The van der Waals surface area contributed by atoms with Gasteiger partial charge < -0.3 is 14.6 Å². The minimum absolute atomic E-state index is 0.162. The highest BCUT2D eigenvalue weighted by atomic mass is 32.2. The van der Waals surface area contributed by atoms with Gasteiger partial charge in [-0.15, -0.1) is 11.8 Å². The Labute approximate surface area is 145 Å². The normalized spacial score (nSPS) is 17.1. The Bertz CT molecular complexity index is 784. The number of hydrogen-bond donors (Lipinski definition) is 1. The Morgan fingerprint density at radius 2 is 2.00 bits per heavy atom. The van der Waals surface area contributed by atoms with E-state index in [1.165, 1.54) is 6.26 Å². The van der Waals surface area contributed by atoms with Crippen molar-refractivity contribution in [1.29, 1.82) is 0 Å². The van der Waals surface area contributed by atoms with Crippen molar-refractivity contribution in [1.82, 2.24) is 4.90 Å². The molecule has 2 amide bonds. The molecule has 126 valence electrons. The van der Waals surface area contributed by atoms with Gasteiger partial charge >= 0.3 is 0 Å². The number of rotatable bonds is 3. The van der Waals surface area contributed by atoms with Gasteiger partial charge in [0.05, 0.1) is 12.1 Å². The number of aryl methyl sites for hydroxylation is 3. The topological polar surface area (TPSA) is 62.6 Å². The van der Waals surface area contributed by atoms with Crippen LogP contribution in [0, 0.1) is 20.8 Å².